The highest BCUT2D eigenvalue weighted by atomic mass is 32.1. The maximum Gasteiger partial charge on any atom is 0.410 e. The predicted molar refractivity (Wildman–Crippen MR) is 160 cm³/mol. The van der Waals surface area contributed by atoms with Crippen LogP contribution in [-0.4, -0.2) is 62.5 Å². The molecule has 42 heavy (non-hydrogen) atoms. The Morgan fingerprint density at radius 3 is 2.95 bits per heavy atom. The second-order valence-corrected chi connectivity index (χ2v) is 11.6. The Morgan fingerprint density at radius 1 is 1.17 bits per heavy atom. The van der Waals surface area contributed by atoms with Crippen molar-refractivity contribution in [3.05, 3.63) is 77.3 Å². The van der Waals surface area contributed by atoms with Crippen LogP contribution < -0.4 is 10.6 Å². The SMILES string of the molecule is O=C(O[C@H]1CN[C@@H](C#Cc2cc3ncnc(Nc4ccc5c(cnn5Cc5cccc(F)c5)c4)c3s2)C1)N1CCCC1. The van der Waals surface area contributed by atoms with Crippen molar-refractivity contribution in [3.8, 4) is 11.8 Å². The van der Waals surface area contributed by atoms with Crippen LogP contribution in [0.15, 0.2) is 61.1 Å². The molecule has 212 valence electrons. The molecule has 5 heterocycles. The van der Waals surface area contributed by atoms with Crippen molar-refractivity contribution in [2.45, 2.75) is 38.0 Å². The van der Waals surface area contributed by atoms with Crippen LogP contribution in [0, 0.1) is 17.7 Å². The Hall–Kier alpha value is -4.53. The number of benzene rings is 2. The first-order valence-electron chi connectivity index (χ1n) is 14.0. The molecule has 2 saturated heterocycles. The Morgan fingerprint density at radius 2 is 2.07 bits per heavy atom. The highest BCUT2D eigenvalue weighted by Crippen LogP contribution is 2.31. The fourth-order valence-electron chi connectivity index (χ4n) is 5.42. The Balaban J connectivity index is 1.03. The van der Waals surface area contributed by atoms with Crippen LogP contribution in [0.25, 0.3) is 21.1 Å². The van der Waals surface area contributed by atoms with Gasteiger partial charge >= 0.3 is 6.09 Å². The molecule has 0 saturated carbocycles. The molecule has 1 amide bonds. The summed E-state index contributed by atoms with van der Waals surface area (Å²) in [5.74, 6) is 7.01. The van der Waals surface area contributed by atoms with Gasteiger partial charge in [0.1, 0.15) is 18.2 Å². The molecule has 2 fully saturated rings. The van der Waals surface area contributed by atoms with E-state index in [1.807, 2.05) is 41.2 Å². The van der Waals surface area contributed by atoms with E-state index in [1.165, 1.54) is 23.5 Å². The smallest absolute Gasteiger partial charge is 0.410 e. The standard InChI is InChI=1S/C31H28FN7O2S/c32-22-5-3-4-20(12-22)18-39-28-9-7-24(13-21(28)16-36-39)37-30-29-27(34-19-35-30)15-26(42-29)8-6-23-14-25(17-33-23)41-31(40)38-10-1-2-11-38/h3-5,7,9,12-13,15-16,19,23,25,33H,1-2,10-11,14,17-18H2,(H,34,35,37)/t23-,25+/m0/s1. The molecular formula is C31H28FN7O2S. The third-order valence-corrected chi connectivity index (χ3v) is 8.58. The number of hydrogen-bond acceptors (Lipinski definition) is 8. The van der Waals surface area contributed by atoms with Gasteiger partial charge < -0.3 is 15.0 Å². The number of anilines is 2. The van der Waals surface area contributed by atoms with E-state index < -0.39 is 0 Å². The maximum atomic E-state index is 13.6. The first-order chi connectivity index (χ1) is 20.6. The van der Waals surface area contributed by atoms with E-state index in [1.54, 1.807) is 17.3 Å². The fourth-order valence-corrected chi connectivity index (χ4v) is 6.34. The number of fused-ring (bicyclic) bond motifs is 2. The maximum absolute atomic E-state index is 13.6. The molecule has 2 aliphatic heterocycles. The van der Waals surface area contributed by atoms with E-state index in [-0.39, 0.29) is 24.1 Å². The molecule has 0 unspecified atom stereocenters. The number of aromatic nitrogens is 4. The van der Waals surface area contributed by atoms with Crippen LogP contribution >= 0.6 is 11.3 Å². The van der Waals surface area contributed by atoms with Crippen molar-refractivity contribution in [1.82, 2.24) is 30.0 Å². The molecule has 9 nitrogen and oxygen atoms in total. The van der Waals surface area contributed by atoms with Crippen molar-refractivity contribution in [3.63, 3.8) is 0 Å². The van der Waals surface area contributed by atoms with Crippen molar-refractivity contribution in [2.75, 3.05) is 25.0 Å². The predicted octanol–water partition coefficient (Wildman–Crippen LogP) is 5.29. The molecule has 2 atom stereocenters. The molecule has 7 rings (SSSR count). The summed E-state index contributed by atoms with van der Waals surface area (Å²) in [4.78, 5) is 23.9. The Bertz CT molecular complexity index is 1840. The van der Waals surface area contributed by atoms with E-state index in [0.29, 0.717) is 25.3 Å². The van der Waals surface area contributed by atoms with Gasteiger partial charge in [0.2, 0.25) is 0 Å². The average Bonchev–Trinajstić information content (AvgIpc) is 3.79. The number of halogens is 1. The highest BCUT2D eigenvalue weighted by molar-refractivity contribution is 7.20. The third kappa shape index (κ3) is 5.64. The lowest BCUT2D eigenvalue weighted by atomic mass is 10.2. The third-order valence-electron chi connectivity index (χ3n) is 7.53. The van der Waals surface area contributed by atoms with Crippen LogP contribution in [0.4, 0.5) is 20.7 Å². The highest BCUT2D eigenvalue weighted by Gasteiger charge is 2.28. The first kappa shape index (κ1) is 26.4. The molecule has 2 aliphatic rings. The lowest BCUT2D eigenvalue weighted by molar-refractivity contribution is 0.0763. The van der Waals surface area contributed by atoms with Crippen LogP contribution in [0.3, 0.4) is 0 Å². The zero-order valence-corrected chi connectivity index (χ0v) is 23.5. The molecule has 5 aromatic rings. The van der Waals surface area contributed by atoms with E-state index in [4.69, 9.17) is 4.74 Å². The zero-order chi connectivity index (χ0) is 28.5. The second-order valence-electron chi connectivity index (χ2n) is 10.5. The first-order valence-corrected chi connectivity index (χ1v) is 14.8. The summed E-state index contributed by atoms with van der Waals surface area (Å²) < 4.78 is 22.1. The Kier molecular flexibility index (Phi) is 7.15. The lowest BCUT2D eigenvalue weighted by Crippen LogP contribution is -2.32. The van der Waals surface area contributed by atoms with Crippen LogP contribution in [-0.2, 0) is 11.3 Å². The van der Waals surface area contributed by atoms with Gasteiger partial charge in [-0.25, -0.2) is 19.2 Å². The summed E-state index contributed by atoms with van der Waals surface area (Å²) in [6.07, 6.45) is 5.74. The summed E-state index contributed by atoms with van der Waals surface area (Å²) in [6.45, 7) is 2.66. The van der Waals surface area contributed by atoms with Crippen LogP contribution in [0.2, 0.25) is 0 Å². The number of carbonyl (C=O) groups excluding carboxylic acids is 1. The molecule has 0 bridgehead atoms. The summed E-state index contributed by atoms with van der Waals surface area (Å²) in [5, 5.41) is 12.3. The minimum atomic E-state index is -0.256. The van der Waals surface area contributed by atoms with Crippen molar-refractivity contribution in [2.24, 2.45) is 0 Å². The normalized spacial score (nSPS) is 18.4. The van der Waals surface area contributed by atoms with Crippen molar-refractivity contribution in [1.29, 1.82) is 0 Å². The number of likely N-dealkylation sites (tertiary alicyclic amines) is 1. The van der Waals surface area contributed by atoms with Gasteiger partial charge in [-0.2, -0.15) is 5.10 Å². The number of ether oxygens (including phenoxy) is 1. The van der Waals surface area contributed by atoms with Gasteiger partial charge in [0.25, 0.3) is 0 Å². The number of hydrogen-bond donors (Lipinski definition) is 2. The average molecular weight is 582 g/mol. The van der Waals surface area contributed by atoms with Crippen molar-refractivity contribution < 1.29 is 13.9 Å². The van der Waals surface area contributed by atoms with Gasteiger partial charge in [-0.1, -0.05) is 24.0 Å². The largest absolute Gasteiger partial charge is 0.445 e. The number of carbonyl (C=O) groups is 1. The van der Waals surface area contributed by atoms with Gasteiger partial charge in [0.15, 0.2) is 5.82 Å². The van der Waals surface area contributed by atoms with Crippen molar-refractivity contribution >= 4 is 50.1 Å². The van der Waals surface area contributed by atoms with E-state index in [9.17, 15) is 9.18 Å². The summed E-state index contributed by atoms with van der Waals surface area (Å²) in [5.41, 5.74) is 3.51. The number of nitrogens with one attached hydrogen (secondary N) is 2. The molecule has 2 N–H and O–H groups in total. The molecule has 0 spiro atoms. The number of rotatable bonds is 5. The zero-order valence-electron chi connectivity index (χ0n) is 22.7. The second kappa shape index (κ2) is 11.4. The number of nitrogens with zero attached hydrogens (tertiary/aromatic N) is 5. The van der Waals surface area contributed by atoms with E-state index in [0.717, 1.165) is 63.2 Å². The molecule has 11 heteroatoms. The minimum absolute atomic E-state index is 0.0381. The summed E-state index contributed by atoms with van der Waals surface area (Å²) in [6, 6.07) is 14.5. The number of thiophene rings is 1. The topological polar surface area (TPSA) is 97.2 Å². The summed E-state index contributed by atoms with van der Waals surface area (Å²) >= 11 is 1.54. The van der Waals surface area contributed by atoms with Gasteiger partial charge in [-0.15, -0.1) is 11.3 Å². The molecule has 0 aliphatic carbocycles. The van der Waals surface area contributed by atoms with E-state index in [2.05, 4.69) is 37.5 Å². The van der Waals surface area contributed by atoms with Gasteiger partial charge in [-0.3, -0.25) is 10.00 Å². The van der Waals surface area contributed by atoms with Gasteiger partial charge in [0.05, 0.1) is 39.4 Å². The quantitative estimate of drug-likeness (QED) is 0.273. The molecular weight excluding hydrogens is 553 g/mol. The monoisotopic (exact) mass is 581 g/mol. The van der Waals surface area contributed by atoms with Crippen LogP contribution in [0.1, 0.15) is 29.7 Å². The lowest BCUT2D eigenvalue weighted by Gasteiger charge is -2.18. The van der Waals surface area contributed by atoms with Crippen LogP contribution in [0.5, 0.6) is 0 Å². The van der Waals surface area contributed by atoms with Gasteiger partial charge in [0, 0.05) is 37.1 Å². The number of amides is 1. The molecule has 0 radical (unpaired) electrons. The Labute approximate surface area is 245 Å². The molecule has 2 aromatic carbocycles. The fraction of sp³-hybridized carbons (Fsp3) is 0.290. The molecule has 3 aromatic heterocycles. The van der Waals surface area contributed by atoms with Gasteiger partial charge in [-0.05, 0) is 54.8 Å². The van der Waals surface area contributed by atoms with E-state index >= 15 is 0 Å². The summed E-state index contributed by atoms with van der Waals surface area (Å²) in [7, 11) is 0. The minimum Gasteiger partial charge on any atom is -0.445 e.